The third-order valence-corrected chi connectivity index (χ3v) is 8.02. The van der Waals surface area contributed by atoms with E-state index < -0.39 is 5.92 Å². The van der Waals surface area contributed by atoms with E-state index in [1.54, 1.807) is 0 Å². The predicted octanol–water partition coefficient (Wildman–Crippen LogP) is 5.23. The summed E-state index contributed by atoms with van der Waals surface area (Å²) >= 11 is 0. The van der Waals surface area contributed by atoms with Crippen molar-refractivity contribution < 1.29 is 14.3 Å². The highest BCUT2D eigenvalue weighted by Gasteiger charge is 2.56. The topological polar surface area (TPSA) is 38.8 Å². The van der Waals surface area contributed by atoms with E-state index in [9.17, 15) is 4.79 Å². The average molecular weight is 418 g/mol. The molecule has 0 aromatic heterocycles. The fraction of sp³-hybridized carbons (Fsp3) is 0.519. The highest BCUT2D eigenvalue weighted by atomic mass is 16.5. The number of fused-ring (bicyclic) bond motifs is 3. The third-order valence-electron chi connectivity index (χ3n) is 8.02. The smallest absolute Gasteiger partial charge is 0.318 e. The first-order valence-electron chi connectivity index (χ1n) is 12.0. The Hall–Kier alpha value is -2.33. The van der Waals surface area contributed by atoms with Gasteiger partial charge in [0.25, 0.3) is 0 Å². The van der Waals surface area contributed by atoms with Gasteiger partial charge in [0, 0.05) is 36.7 Å². The van der Waals surface area contributed by atoms with Crippen molar-refractivity contribution in [2.75, 3.05) is 26.2 Å². The van der Waals surface area contributed by atoms with Gasteiger partial charge in [-0.05, 0) is 42.7 Å². The summed E-state index contributed by atoms with van der Waals surface area (Å²) in [5.74, 6) is 3.88. The fourth-order valence-corrected chi connectivity index (χ4v) is 6.29. The highest BCUT2D eigenvalue weighted by Crippen LogP contribution is 2.52. The van der Waals surface area contributed by atoms with Crippen molar-refractivity contribution >= 4 is 5.97 Å². The van der Waals surface area contributed by atoms with Crippen LogP contribution in [0.4, 0.5) is 0 Å². The van der Waals surface area contributed by atoms with Gasteiger partial charge in [0.2, 0.25) is 0 Å². The van der Waals surface area contributed by atoms with Crippen LogP contribution in [-0.2, 0) is 9.53 Å². The second-order valence-corrected chi connectivity index (χ2v) is 9.95. The second-order valence-electron chi connectivity index (χ2n) is 9.95. The van der Waals surface area contributed by atoms with Crippen LogP contribution in [0.25, 0.3) is 0 Å². The number of esters is 1. The lowest BCUT2D eigenvalue weighted by molar-refractivity contribution is -0.145. The molecule has 4 nitrogen and oxygen atoms in total. The molecular formula is C27H31NO3. The molecule has 0 radical (unpaired) electrons. The summed E-state index contributed by atoms with van der Waals surface area (Å²) in [7, 11) is 0. The summed E-state index contributed by atoms with van der Waals surface area (Å²) in [6, 6.07) is 15.6. The lowest BCUT2D eigenvalue weighted by Gasteiger charge is -2.28. The standard InChI is InChI=1S/C27H31NO3/c29-27(26-19-10-4-6-12-24(19)31-25-13-7-5-11-20(25)26)30-17-23-21-15-28(16-22(21)23)14-18-8-2-1-3-9-18/h4-7,10-13,18,21-23,26H,1-3,8-9,14-17H2/t21-,22+,23?. The molecule has 3 fully saturated rings. The number of nitrogens with zero attached hydrogens (tertiary/aromatic N) is 1. The van der Waals surface area contributed by atoms with E-state index in [0.717, 1.165) is 40.4 Å². The van der Waals surface area contributed by atoms with Crippen molar-refractivity contribution in [1.82, 2.24) is 4.90 Å². The molecule has 0 N–H and O–H groups in total. The Morgan fingerprint density at radius 3 is 2.16 bits per heavy atom. The van der Waals surface area contributed by atoms with Crippen LogP contribution in [0, 0.1) is 23.7 Å². The Morgan fingerprint density at radius 2 is 1.52 bits per heavy atom. The Morgan fingerprint density at radius 1 is 0.903 bits per heavy atom. The molecular weight excluding hydrogens is 386 g/mol. The number of likely N-dealkylation sites (tertiary alicyclic amines) is 1. The van der Waals surface area contributed by atoms with Crippen molar-refractivity contribution in [3.8, 4) is 11.5 Å². The summed E-state index contributed by atoms with van der Waals surface area (Å²) in [4.78, 5) is 15.9. The summed E-state index contributed by atoms with van der Waals surface area (Å²) in [6.07, 6.45) is 7.10. The normalized spacial score (nSPS) is 27.7. The first-order chi connectivity index (χ1) is 15.3. The number of carbonyl (C=O) groups excluding carboxylic acids is 1. The van der Waals surface area contributed by atoms with Gasteiger partial charge in [-0.3, -0.25) is 4.79 Å². The van der Waals surface area contributed by atoms with Gasteiger partial charge in [0.15, 0.2) is 0 Å². The minimum absolute atomic E-state index is 0.146. The number of hydrogen-bond acceptors (Lipinski definition) is 4. The molecule has 2 aliphatic carbocycles. The van der Waals surface area contributed by atoms with Crippen molar-refractivity contribution in [3.63, 3.8) is 0 Å². The maximum atomic E-state index is 13.2. The Kier molecular flexibility index (Phi) is 4.98. The van der Waals surface area contributed by atoms with Crippen LogP contribution in [0.1, 0.15) is 49.1 Å². The molecule has 162 valence electrons. The molecule has 2 saturated carbocycles. The van der Waals surface area contributed by atoms with Gasteiger partial charge in [0.05, 0.1) is 6.61 Å². The number of piperidine rings is 1. The molecule has 1 unspecified atom stereocenters. The van der Waals surface area contributed by atoms with Gasteiger partial charge in [0.1, 0.15) is 17.4 Å². The van der Waals surface area contributed by atoms with Crippen molar-refractivity contribution in [2.45, 2.75) is 38.0 Å². The number of carbonyl (C=O) groups is 1. The SMILES string of the molecule is O=C(OCC1[C@H]2CN(CC3CCCCC3)C[C@@H]12)C1c2ccccc2Oc2ccccc21. The lowest BCUT2D eigenvalue weighted by Crippen LogP contribution is -2.32. The van der Waals surface area contributed by atoms with Crippen LogP contribution in [0.15, 0.2) is 48.5 Å². The van der Waals surface area contributed by atoms with Crippen LogP contribution in [0.5, 0.6) is 11.5 Å². The van der Waals surface area contributed by atoms with Crippen molar-refractivity contribution in [3.05, 3.63) is 59.7 Å². The van der Waals surface area contributed by atoms with Gasteiger partial charge in [-0.25, -0.2) is 0 Å². The molecule has 4 aliphatic rings. The zero-order valence-electron chi connectivity index (χ0n) is 18.0. The monoisotopic (exact) mass is 417 g/mol. The second kappa shape index (κ2) is 7.98. The number of hydrogen-bond donors (Lipinski definition) is 0. The van der Waals surface area contributed by atoms with Gasteiger partial charge in [-0.15, -0.1) is 0 Å². The minimum Gasteiger partial charge on any atom is -0.465 e. The van der Waals surface area contributed by atoms with E-state index in [1.165, 1.54) is 51.7 Å². The summed E-state index contributed by atoms with van der Waals surface area (Å²) in [6.45, 7) is 4.25. The van der Waals surface area contributed by atoms with E-state index in [4.69, 9.17) is 9.47 Å². The molecule has 0 spiro atoms. The van der Waals surface area contributed by atoms with Crippen LogP contribution >= 0.6 is 0 Å². The van der Waals surface area contributed by atoms with Gasteiger partial charge in [-0.2, -0.15) is 0 Å². The van der Waals surface area contributed by atoms with Crippen molar-refractivity contribution in [2.24, 2.45) is 23.7 Å². The molecule has 0 bridgehead atoms. The van der Waals surface area contributed by atoms with E-state index in [-0.39, 0.29) is 5.97 Å². The van der Waals surface area contributed by atoms with E-state index in [0.29, 0.717) is 12.5 Å². The first-order valence-corrected chi connectivity index (χ1v) is 12.0. The molecule has 4 heteroatoms. The zero-order valence-corrected chi connectivity index (χ0v) is 18.0. The first kappa shape index (κ1) is 19.4. The molecule has 2 heterocycles. The molecule has 31 heavy (non-hydrogen) atoms. The van der Waals surface area contributed by atoms with Gasteiger partial charge in [-0.1, -0.05) is 55.7 Å². The molecule has 3 atom stereocenters. The maximum Gasteiger partial charge on any atom is 0.318 e. The predicted molar refractivity (Wildman–Crippen MR) is 119 cm³/mol. The molecule has 1 saturated heterocycles. The Balaban J connectivity index is 1.07. The van der Waals surface area contributed by atoms with E-state index >= 15 is 0 Å². The van der Waals surface area contributed by atoms with Crippen LogP contribution in [0.3, 0.4) is 0 Å². The number of benzene rings is 2. The van der Waals surface area contributed by atoms with Crippen molar-refractivity contribution in [1.29, 1.82) is 0 Å². The Bertz CT molecular complexity index is 909. The highest BCUT2D eigenvalue weighted by molar-refractivity contribution is 5.85. The summed E-state index contributed by atoms with van der Waals surface area (Å²) in [5, 5.41) is 0. The van der Waals surface area contributed by atoms with Crippen LogP contribution in [0.2, 0.25) is 0 Å². The molecule has 2 aromatic rings. The maximum absolute atomic E-state index is 13.2. The average Bonchev–Trinajstić information content (AvgIpc) is 3.26. The lowest BCUT2D eigenvalue weighted by atomic mass is 9.88. The summed E-state index contributed by atoms with van der Waals surface area (Å²) in [5.41, 5.74) is 1.81. The minimum atomic E-state index is -0.400. The summed E-state index contributed by atoms with van der Waals surface area (Å²) < 4.78 is 11.9. The largest absolute Gasteiger partial charge is 0.465 e. The Labute approximate surface area is 184 Å². The van der Waals surface area contributed by atoms with E-state index in [1.807, 2.05) is 48.5 Å². The van der Waals surface area contributed by atoms with E-state index in [2.05, 4.69) is 4.90 Å². The third kappa shape index (κ3) is 3.65. The van der Waals surface area contributed by atoms with Crippen LogP contribution < -0.4 is 4.74 Å². The number of ether oxygens (including phenoxy) is 2. The van der Waals surface area contributed by atoms with Gasteiger partial charge < -0.3 is 14.4 Å². The zero-order chi connectivity index (χ0) is 20.8. The molecule has 2 aromatic carbocycles. The molecule has 0 amide bonds. The number of para-hydroxylation sites is 2. The van der Waals surface area contributed by atoms with Gasteiger partial charge >= 0.3 is 5.97 Å². The number of rotatable bonds is 5. The fourth-order valence-electron chi connectivity index (χ4n) is 6.29. The van der Waals surface area contributed by atoms with Crippen LogP contribution in [-0.4, -0.2) is 37.1 Å². The molecule has 6 rings (SSSR count). The quantitative estimate of drug-likeness (QED) is 0.625. The molecule has 2 aliphatic heterocycles.